The van der Waals surface area contributed by atoms with Crippen LogP contribution in [-0.4, -0.2) is 29.9 Å². The third kappa shape index (κ3) is 2.99. The summed E-state index contributed by atoms with van der Waals surface area (Å²) in [4.78, 5) is 14.8. The van der Waals surface area contributed by atoms with Crippen molar-refractivity contribution in [3.63, 3.8) is 0 Å². The normalized spacial score (nSPS) is 37.3. The summed E-state index contributed by atoms with van der Waals surface area (Å²) in [7, 11) is 2.03. The zero-order chi connectivity index (χ0) is 13.4. The van der Waals surface area contributed by atoms with Gasteiger partial charge in [0.25, 0.3) is 0 Å². The Morgan fingerprint density at radius 3 is 2.10 bits per heavy atom. The SMILES string of the molecule is CN(C(=O)C1CC2CCCC(C1)C2N)C1CCCC1.Cl. The Labute approximate surface area is 129 Å². The van der Waals surface area contributed by atoms with Crippen molar-refractivity contribution >= 4 is 18.3 Å². The van der Waals surface area contributed by atoms with Crippen molar-refractivity contribution in [3.05, 3.63) is 0 Å². The number of amides is 1. The lowest BCUT2D eigenvalue weighted by Gasteiger charge is -2.44. The Kier molecular flexibility index (Phi) is 5.36. The van der Waals surface area contributed by atoms with E-state index in [1.54, 1.807) is 0 Å². The second kappa shape index (κ2) is 6.65. The third-order valence-corrected chi connectivity index (χ3v) is 5.98. The molecule has 1 amide bonds. The van der Waals surface area contributed by atoms with E-state index < -0.39 is 0 Å². The number of nitrogens with two attached hydrogens (primary N) is 1. The van der Waals surface area contributed by atoms with E-state index in [-0.39, 0.29) is 18.3 Å². The number of hydrogen-bond acceptors (Lipinski definition) is 2. The summed E-state index contributed by atoms with van der Waals surface area (Å²) < 4.78 is 0. The molecule has 3 aliphatic rings. The molecule has 3 nitrogen and oxygen atoms in total. The summed E-state index contributed by atoms with van der Waals surface area (Å²) in [5, 5.41) is 0. The fourth-order valence-electron chi connectivity index (χ4n) is 4.75. The van der Waals surface area contributed by atoms with E-state index in [1.807, 2.05) is 7.05 Å². The smallest absolute Gasteiger partial charge is 0.225 e. The molecule has 0 aromatic rings. The molecule has 3 rings (SSSR count). The second-order valence-corrected chi connectivity index (χ2v) is 7.08. The van der Waals surface area contributed by atoms with Gasteiger partial charge in [0.05, 0.1) is 0 Å². The van der Waals surface area contributed by atoms with Gasteiger partial charge in [0.1, 0.15) is 0 Å². The van der Waals surface area contributed by atoms with Gasteiger partial charge in [-0.05, 0) is 50.4 Å². The van der Waals surface area contributed by atoms with Crippen LogP contribution in [0.25, 0.3) is 0 Å². The topological polar surface area (TPSA) is 46.3 Å². The van der Waals surface area contributed by atoms with E-state index in [0.29, 0.717) is 29.8 Å². The molecule has 0 spiro atoms. The van der Waals surface area contributed by atoms with Crippen LogP contribution in [-0.2, 0) is 4.79 Å². The minimum absolute atomic E-state index is 0. The molecular formula is C16H29ClN2O. The molecule has 2 atom stereocenters. The minimum Gasteiger partial charge on any atom is -0.343 e. The molecule has 20 heavy (non-hydrogen) atoms. The van der Waals surface area contributed by atoms with Gasteiger partial charge >= 0.3 is 0 Å². The first kappa shape index (κ1) is 16.1. The lowest BCUT2D eigenvalue weighted by atomic mass is 9.65. The molecule has 3 fully saturated rings. The van der Waals surface area contributed by atoms with E-state index in [0.717, 1.165) is 12.8 Å². The standard InChI is InChI=1S/C16H28N2O.ClH/c1-18(14-7-2-3-8-14)16(19)13-9-11-5-4-6-12(10-13)15(11)17;/h11-15H,2-10,17H2,1H3;1H. The number of halogens is 1. The summed E-state index contributed by atoms with van der Waals surface area (Å²) in [5.74, 6) is 1.90. The highest BCUT2D eigenvalue weighted by atomic mass is 35.5. The van der Waals surface area contributed by atoms with Gasteiger partial charge in [-0.25, -0.2) is 0 Å². The van der Waals surface area contributed by atoms with Crippen molar-refractivity contribution in [2.24, 2.45) is 23.5 Å². The number of rotatable bonds is 2. The highest BCUT2D eigenvalue weighted by Gasteiger charge is 2.41. The van der Waals surface area contributed by atoms with Crippen molar-refractivity contribution in [2.75, 3.05) is 7.05 Å². The first-order chi connectivity index (χ1) is 9.16. The molecule has 0 radical (unpaired) electrons. The molecule has 2 N–H and O–H groups in total. The van der Waals surface area contributed by atoms with E-state index in [9.17, 15) is 4.79 Å². The Morgan fingerprint density at radius 1 is 1.00 bits per heavy atom. The number of hydrogen-bond donors (Lipinski definition) is 1. The zero-order valence-electron chi connectivity index (χ0n) is 12.6. The first-order valence-electron chi connectivity index (χ1n) is 8.19. The highest BCUT2D eigenvalue weighted by molar-refractivity contribution is 5.85. The van der Waals surface area contributed by atoms with Gasteiger partial charge in [-0.1, -0.05) is 19.3 Å². The van der Waals surface area contributed by atoms with Crippen LogP contribution < -0.4 is 5.73 Å². The maximum Gasteiger partial charge on any atom is 0.225 e. The molecule has 2 unspecified atom stereocenters. The molecule has 0 aliphatic heterocycles. The molecule has 3 aliphatic carbocycles. The quantitative estimate of drug-likeness (QED) is 0.852. The Hall–Kier alpha value is -0.280. The van der Waals surface area contributed by atoms with Gasteiger partial charge in [-0.2, -0.15) is 0 Å². The molecule has 0 aromatic heterocycles. The largest absolute Gasteiger partial charge is 0.343 e. The minimum atomic E-state index is 0. The fraction of sp³-hybridized carbons (Fsp3) is 0.938. The Balaban J connectivity index is 0.00000147. The van der Waals surface area contributed by atoms with Crippen molar-refractivity contribution in [1.82, 2.24) is 4.90 Å². The van der Waals surface area contributed by atoms with Crippen LogP contribution in [0.3, 0.4) is 0 Å². The van der Waals surface area contributed by atoms with Gasteiger partial charge in [0, 0.05) is 25.0 Å². The lowest BCUT2D eigenvalue weighted by Crippen LogP contribution is -2.50. The average molecular weight is 301 g/mol. The first-order valence-corrected chi connectivity index (χ1v) is 8.19. The second-order valence-electron chi connectivity index (χ2n) is 7.08. The molecule has 116 valence electrons. The predicted molar refractivity (Wildman–Crippen MR) is 83.8 cm³/mol. The average Bonchev–Trinajstić information content (AvgIpc) is 2.90. The summed E-state index contributed by atoms with van der Waals surface area (Å²) in [6, 6.07) is 0.887. The van der Waals surface area contributed by atoms with Crippen LogP contribution in [0.4, 0.5) is 0 Å². The summed E-state index contributed by atoms with van der Waals surface area (Å²) in [5.41, 5.74) is 6.32. The van der Waals surface area contributed by atoms with E-state index in [1.165, 1.54) is 44.9 Å². The number of carbonyl (C=O) groups is 1. The van der Waals surface area contributed by atoms with E-state index >= 15 is 0 Å². The van der Waals surface area contributed by atoms with Gasteiger partial charge in [0.15, 0.2) is 0 Å². The zero-order valence-corrected chi connectivity index (χ0v) is 13.4. The number of fused-ring (bicyclic) bond motifs is 2. The maximum absolute atomic E-state index is 12.7. The van der Waals surface area contributed by atoms with Gasteiger partial charge in [-0.15, -0.1) is 12.4 Å². The molecule has 0 saturated heterocycles. The van der Waals surface area contributed by atoms with Crippen molar-refractivity contribution in [1.29, 1.82) is 0 Å². The molecule has 3 saturated carbocycles. The lowest BCUT2D eigenvalue weighted by molar-refractivity contribution is -0.139. The summed E-state index contributed by atoms with van der Waals surface area (Å²) in [6.07, 6.45) is 10.9. The summed E-state index contributed by atoms with van der Waals surface area (Å²) in [6.45, 7) is 0. The maximum atomic E-state index is 12.7. The van der Waals surface area contributed by atoms with E-state index in [4.69, 9.17) is 5.73 Å². The van der Waals surface area contributed by atoms with Gasteiger partial charge in [-0.3, -0.25) is 4.79 Å². The molecule has 0 heterocycles. The highest BCUT2D eigenvalue weighted by Crippen LogP contribution is 2.42. The van der Waals surface area contributed by atoms with Gasteiger partial charge < -0.3 is 10.6 Å². The Morgan fingerprint density at radius 2 is 1.55 bits per heavy atom. The van der Waals surface area contributed by atoms with Crippen molar-refractivity contribution in [3.8, 4) is 0 Å². The van der Waals surface area contributed by atoms with Crippen LogP contribution in [0, 0.1) is 17.8 Å². The van der Waals surface area contributed by atoms with Crippen molar-refractivity contribution in [2.45, 2.75) is 69.9 Å². The molecular weight excluding hydrogens is 272 g/mol. The van der Waals surface area contributed by atoms with E-state index in [2.05, 4.69) is 4.90 Å². The number of carbonyl (C=O) groups excluding carboxylic acids is 1. The monoisotopic (exact) mass is 300 g/mol. The molecule has 2 bridgehead atoms. The fourth-order valence-corrected chi connectivity index (χ4v) is 4.75. The summed E-state index contributed by atoms with van der Waals surface area (Å²) >= 11 is 0. The molecule has 0 aromatic carbocycles. The number of nitrogens with zero attached hydrogens (tertiary/aromatic N) is 1. The van der Waals surface area contributed by atoms with Crippen LogP contribution in [0.5, 0.6) is 0 Å². The predicted octanol–water partition coefficient (Wildman–Crippen LogP) is 2.96. The van der Waals surface area contributed by atoms with Gasteiger partial charge in [0.2, 0.25) is 5.91 Å². The van der Waals surface area contributed by atoms with Crippen LogP contribution in [0.15, 0.2) is 0 Å². The Bertz CT molecular complexity index is 329. The van der Waals surface area contributed by atoms with Crippen molar-refractivity contribution < 1.29 is 4.79 Å². The third-order valence-electron chi connectivity index (χ3n) is 5.98. The van der Waals surface area contributed by atoms with Crippen LogP contribution in [0.1, 0.15) is 57.8 Å². The van der Waals surface area contributed by atoms with Crippen LogP contribution in [0.2, 0.25) is 0 Å². The van der Waals surface area contributed by atoms with Crippen LogP contribution >= 0.6 is 12.4 Å². The molecule has 4 heteroatoms.